The Hall–Kier alpha value is -1.76. The first-order valence-electron chi connectivity index (χ1n) is 6.09. The third-order valence-electron chi connectivity index (χ3n) is 3.38. The van der Waals surface area contributed by atoms with E-state index in [-0.39, 0.29) is 11.0 Å². The van der Waals surface area contributed by atoms with E-state index in [0.29, 0.717) is 0 Å². The lowest BCUT2D eigenvalue weighted by Gasteiger charge is -2.28. The Morgan fingerprint density at radius 3 is 2.00 bits per heavy atom. The van der Waals surface area contributed by atoms with Crippen LogP contribution in [0.25, 0.3) is 0 Å². The first-order valence-corrected chi connectivity index (χ1v) is 7.50. The van der Waals surface area contributed by atoms with Gasteiger partial charge in [0, 0.05) is 5.16 Å². The van der Waals surface area contributed by atoms with Crippen molar-refractivity contribution in [2.75, 3.05) is 0 Å². The number of nitrogens with zero attached hydrogens (tertiary/aromatic N) is 1. The van der Waals surface area contributed by atoms with E-state index in [0.717, 1.165) is 0 Å². The van der Waals surface area contributed by atoms with Crippen molar-refractivity contribution in [3.8, 4) is 0 Å². The largest absolute Gasteiger partial charge is 0.438 e. The van der Waals surface area contributed by atoms with Crippen molar-refractivity contribution in [2.24, 2.45) is 5.16 Å². The predicted octanol–water partition coefficient (Wildman–Crippen LogP) is 2.27. The van der Waals surface area contributed by atoms with Crippen LogP contribution in [0, 0.1) is 0 Å². The Kier molecular flexibility index (Phi) is 3.41. The molecule has 0 bridgehead atoms. The SMILES string of the molecule is CC1(C)OC(=NOS(=O)(=O)c2ccccc2)OC1(C)C. The van der Waals surface area contributed by atoms with E-state index in [4.69, 9.17) is 9.47 Å². The van der Waals surface area contributed by atoms with Crippen LogP contribution in [0.15, 0.2) is 40.4 Å². The van der Waals surface area contributed by atoms with Gasteiger partial charge in [-0.25, -0.2) is 0 Å². The summed E-state index contributed by atoms with van der Waals surface area (Å²) in [6.45, 7) is 7.28. The molecule has 0 aliphatic carbocycles. The lowest BCUT2D eigenvalue weighted by molar-refractivity contribution is 0.00578. The summed E-state index contributed by atoms with van der Waals surface area (Å²) < 4.78 is 39.2. The average Bonchev–Trinajstić information content (AvgIpc) is 2.57. The average molecular weight is 299 g/mol. The minimum atomic E-state index is -3.97. The Morgan fingerprint density at radius 2 is 1.50 bits per heavy atom. The second-order valence-corrected chi connectivity index (χ2v) is 6.95. The van der Waals surface area contributed by atoms with Crippen molar-refractivity contribution in [1.29, 1.82) is 0 Å². The van der Waals surface area contributed by atoms with Gasteiger partial charge in [-0.3, -0.25) is 4.28 Å². The van der Waals surface area contributed by atoms with Gasteiger partial charge in [-0.1, -0.05) is 18.2 Å². The first-order chi connectivity index (χ1) is 9.14. The summed E-state index contributed by atoms with van der Waals surface area (Å²) in [5.41, 5.74) is -1.27. The number of oxime groups is 1. The summed E-state index contributed by atoms with van der Waals surface area (Å²) in [5, 5.41) is 3.45. The molecule has 0 spiro atoms. The molecule has 0 saturated carbocycles. The molecule has 1 fully saturated rings. The van der Waals surface area contributed by atoms with Crippen LogP contribution in [0.4, 0.5) is 0 Å². The maximum Gasteiger partial charge on any atom is 0.424 e. The zero-order valence-corrected chi connectivity index (χ0v) is 12.6. The number of benzene rings is 1. The van der Waals surface area contributed by atoms with E-state index in [1.807, 2.05) is 27.7 Å². The zero-order chi connectivity index (χ0) is 15.0. The molecule has 0 unspecified atom stereocenters. The Balaban J connectivity index is 2.16. The molecule has 0 aromatic heterocycles. The smallest absolute Gasteiger partial charge is 0.424 e. The highest BCUT2D eigenvalue weighted by Gasteiger charge is 2.50. The zero-order valence-electron chi connectivity index (χ0n) is 11.8. The molecule has 0 atom stereocenters. The normalized spacial score (nSPS) is 19.9. The fraction of sp³-hybridized carbons (Fsp3) is 0.462. The fourth-order valence-corrected chi connectivity index (χ4v) is 2.19. The van der Waals surface area contributed by atoms with Crippen LogP contribution in [-0.2, 0) is 23.9 Å². The molecular weight excluding hydrogens is 282 g/mol. The molecule has 2 rings (SSSR count). The van der Waals surface area contributed by atoms with Crippen LogP contribution < -0.4 is 0 Å². The maximum absolute atomic E-state index is 11.9. The van der Waals surface area contributed by atoms with Gasteiger partial charge in [-0.05, 0) is 39.8 Å². The van der Waals surface area contributed by atoms with E-state index in [1.54, 1.807) is 18.2 Å². The van der Waals surface area contributed by atoms with Gasteiger partial charge in [-0.15, -0.1) is 0 Å². The highest BCUT2D eigenvalue weighted by molar-refractivity contribution is 7.86. The number of ether oxygens (including phenoxy) is 2. The highest BCUT2D eigenvalue weighted by atomic mass is 32.2. The molecule has 7 heteroatoms. The molecule has 0 radical (unpaired) electrons. The minimum Gasteiger partial charge on any atom is -0.438 e. The summed E-state index contributed by atoms with van der Waals surface area (Å²) in [5.74, 6) is 0. The van der Waals surface area contributed by atoms with E-state index in [1.165, 1.54) is 12.1 Å². The lowest BCUT2D eigenvalue weighted by Crippen LogP contribution is -2.41. The topological polar surface area (TPSA) is 74.2 Å². The number of rotatable bonds is 3. The molecule has 20 heavy (non-hydrogen) atoms. The van der Waals surface area contributed by atoms with Crippen molar-refractivity contribution < 1.29 is 22.2 Å². The maximum atomic E-state index is 11.9. The van der Waals surface area contributed by atoms with Gasteiger partial charge < -0.3 is 9.47 Å². The first kappa shape index (κ1) is 14.6. The third kappa shape index (κ3) is 2.72. The molecule has 1 heterocycles. The molecular formula is C13H17NO5S. The van der Waals surface area contributed by atoms with Crippen LogP contribution in [0.3, 0.4) is 0 Å². The molecule has 1 aliphatic rings. The Bertz CT molecular complexity index is 601. The second kappa shape index (κ2) is 4.66. The molecule has 0 amide bonds. The molecule has 1 saturated heterocycles. The van der Waals surface area contributed by atoms with Gasteiger partial charge in [0.1, 0.15) is 16.1 Å². The van der Waals surface area contributed by atoms with Gasteiger partial charge >= 0.3 is 16.2 Å². The second-order valence-electron chi connectivity index (χ2n) is 5.42. The monoisotopic (exact) mass is 299 g/mol. The standard InChI is InChI=1S/C13H17NO5S/c1-12(2)13(3,4)18-11(17-12)14-19-20(15,16)10-8-6-5-7-9-10/h5-9H,1-4H3. The van der Waals surface area contributed by atoms with Gasteiger partial charge in [0.25, 0.3) is 0 Å². The van der Waals surface area contributed by atoms with Crippen molar-refractivity contribution in [2.45, 2.75) is 43.8 Å². The number of hydrogen-bond acceptors (Lipinski definition) is 6. The van der Waals surface area contributed by atoms with Crippen LogP contribution in [-0.4, -0.2) is 25.7 Å². The summed E-state index contributed by atoms with van der Waals surface area (Å²) in [6.07, 6.45) is -0.195. The van der Waals surface area contributed by atoms with Gasteiger partial charge in [0.15, 0.2) is 0 Å². The fourth-order valence-electron chi connectivity index (χ4n) is 1.45. The molecule has 1 aromatic carbocycles. The van der Waals surface area contributed by atoms with Crippen LogP contribution in [0.2, 0.25) is 0 Å². The van der Waals surface area contributed by atoms with E-state index in [9.17, 15) is 8.42 Å². The number of hydrogen-bond donors (Lipinski definition) is 0. The quantitative estimate of drug-likeness (QED) is 0.800. The van der Waals surface area contributed by atoms with E-state index >= 15 is 0 Å². The molecule has 0 N–H and O–H groups in total. The summed E-state index contributed by atoms with van der Waals surface area (Å²) in [4.78, 5) is 0.0147. The van der Waals surface area contributed by atoms with Crippen molar-refractivity contribution >= 4 is 16.2 Å². The molecule has 1 aliphatic heterocycles. The Labute approximate surface area is 118 Å². The summed E-state index contributed by atoms with van der Waals surface area (Å²) in [7, 11) is -3.97. The van der Waals surface area contributed by atoms with Crippen LogP contribution in [0.5, 0.6) is 0 Å². The predicted molar refractivity (Wildman–Crippen MR) is 72.5 cm³/mol. The Morgan fingerprint density at radius 1 is 1.00 bits per heavy atom. The van der Waals surface area contributed by atoms with Crippen molar-refractivity contribution in [3.63, 3.8) is 0 Å². The van der Waals surface area contributed by atoms with Crippen LogP contribution >= 0.6 is 0 Å². The van der Waals surface area contributed by atoms with Crippen molar-refractivity contribution in [3.05, 3.63) is 30.3 Å². The van der Waals surface area contributed by atoms with Gasteiger partial charge in [0.2, 0.25) is 0 Å². The highest BCUT2D eigenvalue weighted by Crippen LogP contribution is 2.36. The molecule has 110 valence electrons. The van der Waals surface area contributed by atoms with Crippen molar-refractivity contribution in [1.82, 2.24) is 0 Å². The van der Waals surface area contributed by atoms with E-state index < -0.39 is 21.3 Å². The molecule has 6 nitrogen and oxygen atoms in total. The summed E-state index contributed by atoms with van der Waals surface area (Å²) >= 11 is 0. The third-order valence-corrected chi connectivity index (χ3v) is 4.50. The summed E-state index contributed by atoms with van der Waals surface area (Å²) in [6, 6.07) is 7.73. The van der Waals surface area contributed by atoms with Crippen LogP contribution in [0.1, 0.15) is 27.7 Å². The van der Waals surface area contributed by atoms with Gasteiger partial charge in [-0.2, -0.15) is 8.42 Å². The van der Waals surface area contributed by atoms with Gasteiger partial charge in [0.05, 0.1) is 0 Å². The molecule has 1 aromatic rings. The lowest BCUT2D eigenvalue weighted by atomic mass is 9.90. The van der Waals surface area contributed by atoms with E-state index in [2.05, 4.69) is 9.44 Å². The minimum absolute atomic E-state index is 0.0147.